The zero-order chi connectivity index (χ0) is 18.4. The Hall–Kier alpha value is -2.56. The molecule has 1 aliphatic rings. The number of nitrogens with zero attached hydrogens (tertiary/aromatic N) is 1. The molecule has 1 heterocycles. The van der Waals surface area contributed by atoms with Crippen molar-refractivity contribution in [3.05, 3.63) is 59.9 Å². The van der Waals surface area contributed by atoms with Gasteiger partial charge in [-0.3, -0.25) is 4.79 Å². The highest BCUT2D eigenvalue weighted by Crippen LogP contribution is 2.28. The van der Waals surface area contributed by atoms with Crippen molar-refractivity contribution in [2.45, 2.75) is 25.2 Å². The molecule has 0 N–H and O–H groups in total. The summed E-state index contributed by atoms with van der Waals surface area (Å²) in [5, 5.41) is 0. The number of amides is 1. The van der Waals surface area contributed by atoms with Crippen molar-refractivity contribution in [1.29, 1.82) is 0 Å². The van der Waals surface area contributed by atoms with Gasteiger partial charge in [-0.15, -0.1) is 0 Å². The molecule has 0 aliphatic carbocycles. The minimum Gasteiger partial charge on any atom is -0.493 e. The van der Waals surface area contributed by atoms with Gasteiger partial charge in [0.25, 0.3) is 5.91 Å². The van der Waals surface area contributed by atoms with Crippen LogP contribution in [0.25, 0.3) is 0 Å². The number of methoxy groups -OCH3 is 1. The Labute approximate surface area is 153 Å². The molecule has 3 rings (SSSR count). The number of hydrogen-bond donors (Lipinski definition) is 0. The normalized spacial score (nSPS) is 17.5. The average Bonchev–Trinajstić information content (AvgIpc) is 2.93. The van der Waals surface area contributed by atoms with E-state index in [-0.39, 0.29) is 24.2 Å². The van der Waals surface area contributed by atoms with E-state index in [4.69, 9.17) is 9.47 Å². The summed E-state index contributed by atoms with van der Waals surface area (Å²) in [7, 11) is 1.58. The fourth-order valence-electron chi connectivity index (χ4n) is 3.34. The molecule has 1 amide bonds. The summed E-state index contributed by atoms with van der Waals surface area (Å²) < 4.78 is 24.1. The van der Waals surface area contributed by atoms with Crippen LogP contribution in [0.3, 0.4) is 0 Å². The number of halogens is 1. The standard InChI is InChI=1S/C21H24FNO3/c1-25-19-7-2-3-8-20(19)26-15-21(24)23-13-5-4-6-17(14-23)16-9-11-18(22)12-10-16/h2-3,7-12,17H,4-6,13-15H2,1H3. The van der Waals surface area contributed by atoms with Gasteiger partial charge in [0.1, 0.15) is 5.82 Å². The summed E-state index contributed by atoms with van der Waals surface area (Å²) in [5.41, 5.74) is 1.08. The van der Waals surface area contributed by atoms with Gasteiger partial charge in [-0.1, -0.05) is 30.7 Å². The van der Waals surface area contributed by atoms with Crippen molar-refractivity contribution < 1.29 is 18.7 Å². The predicted molar refractivity (Wildman–Crippen MR) is 98.1 cm³/mol. The van der Waals surface area contributed by atoms with Crippen LogP contribution < -0.4 is 9.47 Å². The number of carbonyl (C=O) groups excluding carboxylic acids is 1. The summed E-state index contributed by atoms with van der Waals surface area (Å²) in [6, 6.07) is 13.9. The smallest absolute Gasteiger partial charge is 0.260 e. The molecule has 2 aromatic carbocycles. The van der Waals surface area contributed by atoms with Crippen LogP contribution >= 0.6 is 0 Å². The lowest BCUT2D eigenvalue weighted by Gasteiger charge is -2.25. The molecule has 1 fully saturated rings. The van der Waals surface area contributed by atoms with Crippen molar-refractivity contribution in [3.8, 4) is 11.5 Å². The second-order valence-corrected chi connectivity index (χ2v) is 6.52. The minimum atomic E-state index is -0.236. The first-order valence-corrected chi connectivity index (χ1v) is 8.96. The summed E-state index contributed by atoms with van der Waals surface area (Å²) in [5.74, 6) is 1.13. The third kappa shape index (κ3) is 4.54. The lowest BCUT2D eigenvalue weighted by Crippen LogP contribution is -2.37. The predicted octanol–water partition coefficient (Wildman–Crippen LogP) is 4.01. The molecule has 0 bridgehead atoms. The molecule has 0 saturated carbocycles. The minimum absolute atomic E-state index is 0.0174. The molecule has 4 nitrogen and oxygen atoms in total. The van der Waals surface area contributed by atoms with Gasteiger partial charge in [0, 0.05) is 19.0 Å². The molecule has 2 aromatic rings. The SMILES string of the molecule is COc1ccccc1OCC(=O)N1CCCCC(c2ccc(F)cc2)C1. The van der Waals surface area contributed by atoms with Gasteiger partial charge in [-0.25, -0.2) is 4.39 Å². The van der Waals surface area contributed by atoms with E-state index in [1.165, 1.54) is 12.1 Å². The van der Waals surface area contributed by atoms with Crippen molar-refractivity contribution in [1.82, 2.24) is 4.90 Å². The Balaban J connectivity index is 1.63. The second-order valence-electron chi connectivity index (χ2n) is 6.52. The average molecular weight is 357 g/mol. The topological polar surface area (TPSA) is 38.8 Å². The van der Waals surface area contributed by atoms with Crippen molar-refractivity contribution in [3.63, 3.8) is 0 Å². The van der Waals surface area contributed by atoms with Gasteiger partial charge >= 0.3 is 0 Å². The van der Waals surface area contributed by atoms with E-state index >= 15 is 0 Å². The zero-order valence-corrected chi connectivity index (χ0v) is 15.0. The van der Waals surface area contributed by atoms with Gasteiger partial charge < -0.3 is 14.4 Å². The van der Waals surface area contributed by atoms with Gasteiger partial charge in [0.05, 0.1) is 7.11 Å². The second kappa shape index (κ2) is 8.70. The van der Waals surface area contributed by atoms with E-state index in [0.29, 0.717) is 18.0 Å². The number of rotatable bonds is 5. The third-order valence-electron chi connectivity index (χ3n) is 4.79. The Morgan fingerprint density at radius 3 is 2.58 bits per heavy atom. The van der Waals surface area contributed by atoms with Crippen LogP contribution in [0.1, 0.15) is 30.7 Å². The molecule has 5 heteroatoms. The van der Waals surface area contributed by atoms with Crippen LogP contribution in [0.5, 0.6) is 11.5 Å². The van der Waals surface area contributed by atoms with Gasteiger partial charge in [-0.2, -0.15) is 0 Å². The van der Waals surface area contributed by atoms with E-state index < -0.39 is 0 Å². The van der Waals surface area contributed by atoms with Crippen LogP contribution in [0, 0.1) is 5.82 Å². The summed E-state index contributed by atoms with van der Waals surface area (Å²) >= 11 is 0. The maximum absolute atomic E-state index is 13.2. The van der Waals surface area contributed by atoms with Crippen LogP contribution in [-0.4, -0.2) is 37.6 Å². The summed E-state index contributed by atoms with van der Waals surface area (Å²) in [6.45, 7) is 1.35. The van der Waals surface area contributed by atoms with E-state index in [2.05, 4.69) is 0 Å². The highest BCUT2D eigenvalue weighted by Gasteiger charge is 2.23. The van der Waals surface area contributed by atoms with Crippen molar-refractivity contribution in [2.75, 3.05) is 26.8 Å². The fraction of sp³-hybridized carbons (Fsp3) is 0.381. The molecule has 1 saturated heterocycles. The Kier molecular flexibility index (Phi) is 6.10. The Morgan fingerprint density at radius 2 is 1.85 bits per heavy atom. The first-order valence-electron chi connectivity index (χ1n) is 8.96. The molecule has 1 unspecified atom stereocenters. The quantitative estimate of drug-likeness (QED) is 0.812. The Bertz CT molecular complexity index is 732. The lowest BCUT2D eigenvalue weighted by molar-refractivity contribution is -0.133. The monoisotopic (exact) mass is 357 g/mol. The molecule has 0 radical (unpaired) electrons. The third-order valence-corrected chi connectivity index (χ3v) is 4.79. The number of ether oxygens (including phenoxy) is 2. The Morgan fingerprint density at radius 1 is 1.12 bits per heavy atom. The molecular formula is C21H24FNO3. The molecule has 0 aromatic heterocycles. The van der Waals surface area contributed by atoms with Gasteiger partial charge in [0.15, 0.2) is 18.1 Å². The van der Waals surface area contributed by atoms with Crippen LogP contribution in [-0.2, 0) is 4.79 Å². The number of hydrogen-bond acceptors (Lipinski definition) is 3. The number of para-hydroxylation sites is 2. The summed E-state index contributed by atoms with van der Waals surface area (Å²) in [4.78, 5) is 14.5. The van der Waals surface area contributed by atoms with E-state index in [1.54, 1.807) is 19.2 Å². The first-order chi connectivity index (χ1) is 12.7. The maximum Gasteiger partial charge on any atom is 0.260 e. The molecule has 1 atom stereocenters. The molecule has 1 aliphatic heterocycles. The van der Waals surface area contributed by atoms with Crippen LogP contribution in [0.2, 0.25) is 0 Å². The highest BCUT2D eigenvalue weighted by molar-refractivity contribution is 5.78. The van der Waals surface area contributed by atoms with Crippen LogP contribution in [0.15, 0.2) is 48.5 Å². The van der Waals surface area contributed by atoms with Gasteiger partial charge in [0.2, 0.25) is 0 Å². The molecule has 138 valence electrons. The summed E-state index contributed by atoms with van der Waals surface area (Å²) in [6.07, 6.45) is 3.03. The molecule has 0 spiro atoms. The number of likely N-dealkylation sites (tertiary alicyclic amines) is 1. The van der Waals surface area contributed by atoms with Gasteiger partial charge in [-0.05, 0) is 42.7 Å². The first kappa shape index (κ1) is 18.2. The molecule has 26 heavy (non-hydrogen) atoms. The van der Waals surface area contributed by atoms with E-state index in [9.17, 15) is 9.18 Å². The van der Waals surface area contributed by atoms with E-state index in [0.717, 1.165) is 31.4 Å². The molecular weight excluding hydrogens is 333 g/mol. The van der Waals surface area contributed by atoms with Crippen molar-refractivity contribution >= 4 is 5.91 Å². The maximum atomic E-state index is 13.2. The largest absolute Gasteiger partial charge is 0.493 e. The lowest BCUT2D eigenvalue weighted by atomic mass is 9.94. The van der Waals surface area contributed by atoms with Crippen LogP contribution in [0.4, 0.5) is 4.39 Å². The van der Waals surface area contributed by atoms with E-state index in [1.807, 2.05) is 29.2 Å². The fourth-order valence-corrected chi connectivity index (χ4v) is 3.34. The van der Waals surface area contributed by atoms with Crippen molar-refractivity contribution in [2.24, 2.45) is 0 Å². The number of benzene rings is 2. The highest BCUT2D eigenvalue weighted by atomic mass is 19.1. The zero-order valence-electron chi connectivity index (χ0n) is 15.0. The number of carbonyl (C=O) groups is 1.